The number of nitrogens with one attached hydrogen (secondary N) is 1. The summed E-state index contributed by atoms with van der Waals surface area (Å²) >= 11 is 0. The number of anilines is 1. The smallest absolute Gasteiger partial charge is 0.339 e. The molecule has 2 aromatic carbocycles. The van der Waals surface area contributed by atoms with Crippen LogP contribution in [0.4, 0.5) is 10.5 Å². The molecule has 0 aliphatic carbocycles. The van der Waals surface area contributed by atoms with E-state index in [-0.39, 0.29) is 6.03 Å². The average molecular weight is 388 g/mol. The number of urea groups is 1. The van der Waals surface area contributed by atoms with E-state index < -0.39 is 5.97 Å². The average Bonchev–Trinajstić information content (AvgIpc) is 2.78. The molecule has 29 heavy (non-hydrogen) atoms. The molecule has 0 spiro atoms. The predicted molar refractivity (Wildman–Crippen MR) is 108 cm³/mol. The quantitative estimate of drug-likeness (QED) is 0.694. The highest BCUT2D eigenvalue weighted by molar-refractivity contribution is 6.00. The van der Waals surface area contributed by atoms with Gasteiger partial charge in [-0.25, -0.2) is 19.6 Å². The Kier molecular flexibility index (Phi) is 5.20. The molecule has 0 saturated heterocycles. The van der Waals surface area contributed by atoms with E-state index in [9.17, 15) is 9.59 Å². The Labute approximate surface area is 168 Å². The van der Waals surface area contributed by atoms with Crippen LogP contribution in [-0.4, -0.2) is 40.5 Å². The minimum atomic E-state index is -0.494. The molecule has 1 aliphatic rings. The largest absolute Gasteiger partial charge is 0.465 e. The lowest BCUT2D eigenvalue weighted by molar-refractivity contribution is 0.0602. The van der Waals surface area contributed by atoms with Gasteiger partial charge in [-0.1, -0.05) is 42.5 Å². The first-order chi connectivity index (χ1) is 14.2. The summed E-state index contributed by atoms with van der Waals surface area (Å²) in [6.07, 6.45) is 2.43. The highest BCUT2D eigenvalue weighted by Gasteiger charge is 2.24. The van der Waals surface area contributed by atoms with Crippen LogP contribution in [0, 0.1) is 0 Å². The van der Waals surface area contributed by atoms with Gasteiger partial charge in [0.15, 0.2) is 5.82 Å². The normalized spacial score (nSPS) is 12.8. The van der Waals surface area contributed by atoms with Crippen molar-refractivity contribution in [2.75, 3.05) is 19.0 Å². The van der Waals surface area contributed by atoms with Crippen LogP contribution in [0.15, 0.2) is 60.8 Å². The topological polar surface area (TPSA) is 84.4 Å². The molecular formula is C22H20N4O3. The molecule has 7 nitrogen and oxygen atoms in total. The summed E-state index contributed by atoms with van der Waals surface area (Å²) in [6, 6.07) is 16.3. The summed E-state index contributed by atoms with van der Waals surface area (Å²) in [5.41, 5.74) is 3.59. The second-order valence-electron chi connectivity index (χ2n) is 6.67. The lowest BCUT2D eigenvalue weighted by Crippen LogP contribution is -2.39. The lowest BCUT2D eigenvalue weighted by Gasteiger charge is -2.28. The van der Waals surface area contributed by atoms with Crippen LogP contribution in [0.1, 0.15) is 21.6 Å². The Bertz CT molecular complexity index is 1050. The van der Waals surface area contributed by atoms with Crippen molar-refractivity contribution in [1.82, 2.24) is 14.9 Å². The van der Waals surface area contributed by atoms with Crippen LogP contribution >= 0.6 is 0 Å². The van der Waals surface area contributed by atoms with Gasteiger partial charge in [0.25, 0.3) is 0 Å². The molecule has 0 saturated carbocycles. The third-order valence-electron chi connectivity index (χ3n) is 4.83. The highest BCUT2D eigenvalue weighted by atomic mass is 16.5. The molecule has 1 N–H and O–H groups in total. The van der Waals surface area contributed by atoms with E-state index in [2.05, 4.69) is 15.3 Å². The molecule has 7 heteroatoms. The van der Waals surface area contributed by atoms with Gasteiger partial charge in [-0.15, -0.1) is 0 Å². The number of amides is 2. The molecule has 146 valence electrons. The van der Waals surface area contributed by atoms with Crippen molar-refractivity contribution in [3.05, 3.63) is 77.6 Å². The molecule has 3 aromatic rings. The number of aromatic nitrogens is 2. The molecule has 2 heterocycles. The van der Waals surface area contributed by atoms with Crippen molar-refractivity contribution >= 4 is 17.7 Å². The van der Waals surface area contributed by atoms with Crippen molar-refractivity contribution < 1.29 is 14.3 Å². The molecule has 0 fully saturated rings. The van der Waals surface area contributed by atoms with Crippen LogP contribution in [-0.2, 0) is 17.7 Å². The third kappa shape index (κ3) is 3.94. The number of para-hydroxylation sites is 1. The van der Waals surface area contributed by atoms with Gasteiger partial charge in [-0.2, -0.15) is 0 Å². The standard InChI is InChI=1S/C22H20N4O3/c1-29-21(27)17-9-5-6-10-19(17)25-22(28)26-12-11-18-16(14-26)13-23-20(24-18)15-7-3-2-4-8-15/h2-10,13H,11-12,14H2,1H3,(H,25,28). The number of nitrogens with zero attached hydrogens (tertiary/aromatic N) is 3. The first-order valence-electron chi connectivity index (χ1n) is 9.29. The van der Waals surface area contributed by atoms with Crippen LogP contribution in [0.25, 0.3) is 11.4 Å². The molecule has 2 amide bonds. The zero-order chi connectivity index (χ0) is 20.2. The predicted octanol–water partition coefficient (Wildman–Crippen LogP) is 3.52. The number of carbonyl (C=O) groups excluding carboxylic acids is 2. The zero-order valence-corrected chi connectivity index (χ0v) is 16.0. The Balaban J connectivity index is 1.49. The fourth-order valence-corrected chi connectivity index (χ4v) is 3.29. The fraction of sp³-hybridized carbons (Fsp3) is 0.182. The first kappa shape index (κ1) is 18.6. The van der Waals surface area contributed by atoms with Gasteiger partial charge in [-0.3, -0.25) is 0 Å². The summed E-state index contributed by atoms with van der Waals surface area (Å²) in [5.74, 6) is 0.195. The number of methoxy groups -OCH3 is 1. The number of benzene rings is 2. The summed E-state index contributed by atoms with van der Waals surface area (Å²) in [5, 5.41) is 2.81. The Morgan fingerprint density at radius 3 is 2.62 bits per heavy atom. The second-order valence-corrected chi connectivity index (χ2v) is 6.67. The van der Waals surface area contributed by atoms with Crippen LogP contribution in [0.3, 0.4) is 0 Å². The molecule has 4 rings (SSSR count). The van der Waals surface area contributed by atoms with Crippen molar-refractivity contribution in [2.24, 2.45) is 0 Å². The summed E-state index contributed by atoms with van der Waals surface area (Å²) in [6.45, 7) is 0.946. The molecule has 0 unspecified atom stereocenters. The van der Waals surface area contributed by atoms with Crippen molar-refractivity contribution in [3.63, 3.8) is 0 Å². The summed E-state index contributed by atoms with van der Waals surface area (Å²) in [4.78, 5) is 35.5. The minimum Gasteiger partial charge on any atom is -0.465 e. The Hall–Kier alpha value is -3.74. The van der Waals surface area contributed by atoms with Gasteiger partial charge in [0.2, 0.25) is 0 Å². The van der Waals surface area contributed by atoms with E-state index >= 15 is 0 Å². The molecule has 0 atom stereocenters. The van der Waals surface area contributed by atoms with E-state index in [0.29, 0.717) is 36.6 Å². The van der Waals surface area contributed by atoms with Crippen molar-refractivity contribution in [2.45, 2.75) is 13.0 Å². The van der Waals surface area contributed by atoms with Gasteiger partial charge in [0.05, 0.1) is 30.6 Å². The summed E-state index contributed by atoms with van der Waals surface area (Å²) < 4.78 is 4.78. The SMILES string of the molecule is COC(=O)c1ccccc1NC(=O)N1CCc2nc(-c3ccccc3)ncc2C1. The molecule has 1 aliphatic heterocycles. The molecule has 0 bridgehead atoms. The van der Waals surface area contributed by atoms with Crippen LogP contribution in [0.2, 0.25) is 0 Å². The maximum atomic E-state index is 12.8. The van der Waals surface area contributed by atoms with Gasteiger partial charge in [0.1, 0.15) is 0 Å². The molecule has 1 aromatic heterocycles. The second kappa shape index (κ2) is 8.10. The maximum Gasteiger partial charge on any atom is 0.339 e. The number of ether oxygens (including phenoxy) is 1. The molecular weight excluding hydrogens is 368 g/mol. The van der Waals surface area contributed by atoms with Gasteiger partial charge in [-0.05, 0) is 12.1 Å². The van der Waals surface area contributed by atoms with Crippen LogP contribution < -0.4 is 5.32 Å². The van der Waals surface area contributed by atoms with Gasteiger partial charge >= 0.3 is 12.0 Å². The van der Waals surface area contributed by atoms with E-state index in [1.807, 2.05) is 30.3 Å². The number of hydrogen-bond donors (Lipinski definition) is 1. The highest BCUT2D eigenvalue weighted by Crippen LogP contribution is 2.22. The van der Waals surface area contributed by atoms with Gasteiger partial charge in [0, 0.05) is 30.3 Å². The van der Waals surface area contributed by atoms with Gasteiger partial charge < -0.3 is 15.0 Å². The third-order valence-corrected chi connectivity index (χ3v) is 4.83. The monoisotopic (exact) mass is 388 g/mol. The number of esters is 1. The summed E-state index contributed by atoms with van der Waals surface area (Å²) in [7, 11) is 1.31. The number of carbonyl (C=O) groups is 2. The van der Waals surface area contributed by atoms with E-state index in [1.165, 1.54) is 7.11 Å². The van der Waals surface area contributed by atoms with E-state index in [4.69, 9.17) is 4.74 Å². The Morgan fingerprint density at radius 1 is 1.07 bits per heavy atom. The Morgan fingerprint density at radius 2 is 1.83 bits per heavy atom. The zero-order valence-electron chi connectivity index (χ0n) is 16.0. The number of rotatable bonds is 3. The van der Waals surface area contributed by atoms with E-state index in [0.717, 1.165) is 16.8 Å². The van der Waals surface area contributed by atoms with Crippen molar-refractivity contribution in [1.29, 1.82) is 0 Å². The van der Waals surface area contributed by atoms with Crippen LogP contribution in [0.5, 0.6) is 0 Å². The first-order valence-corrected chi connectivity index (χ1v) is 9.29. The van der Waals surface area contributed by atoms with Crippen molar-refractivity contribution in [3.8, 4) is 11.4 Å². The lowest BCUT2D eigenvalue weighted by atomic mass is 10.1. The fourth-order valence-electron chi connectivity index (χ4n) is 3.29. The minimum absolute atomic E-state index is 0.279. The number of hydrogen-bond acceptors (Lipinski definition) is 5. The number of fused-ring (bicyclic) bond motifs is 1. The molecule has 0 radical (unpaired) electrons. The van der Waals surface area contributed by atoms with E-state index in [1.54, 1.807) is 35.4 Å². The maximum absolute atomic E-state index is 12.8.